The molecule has 2 fully saturated rings. The molecule has 2 saturated heterocycles. The standard InChI is InChI=1S/C20H31N3O3S/c1-16-12-17(2)14-23(13-16)27(25,26)19-8-6-18(7-9-19)21-20(24)15-22-10-4-3-5-11-22/h6-9,16-17H,3-5,10-15H2,1-2H3,(H,21,24)/t16-,17-/m0/s1. The lowest BCUT2D eigenvalue weighted by Gasteiger charge is -2.34. The van der Waals surface area contributed by atoms with Crippen LogP contribution in [0.15, 0.2) is 29.2 Å². The van der Waals surface area contributed by atoms with Crippen LogP contribution in [0.25, 0.3) is 0 Å². The Kier molecular flexibility index (Phi) is 6.55. The summed E-state index contributed by atoms with van der Waals surface area (Å²) in [5.41, 5.74) is 0.635. The highest BCUT2D eigenvalue weighted by atomic mass is 32.2. The van der Waals surface area contributed by atoms with E-state index in [1.807, 2.05) is 0 Å². The molecule has 1 amide bonds. The Labute approximate surface area is 163 Å². The van der Waals surface area contributed by atoms with E-state index in [0.717, 1.165) is 32.4 Å². The summed E-state index contributed by atoms with van der Waals surface area (Å²) < 4.78 is 27.4. The van der Waals surface area contributed by atoms with E-state index in [4.69, 9.17) is 0 Å². The maximum Gasteiger partial charge on any atom is 0.243 e. The van der Waals surface area contributed by atoms with Crippen LogP contribution in [0.2, 0.25) is 0 Å². The molecule has 1 N–H and O–H groups in total. The highest BCUT2D eigenvalue weighted by Gasteiger charge is 2.31. The fraction of sp³-hybridized carbons (Fsp3) is 0.650. The Morgan fingerprint density at radius 2 is 1.63 bits per heavy atom. The summed E-state index contributed by atoms with van der Waals surface area (Å²) in [7, 11) is -3.48. The second-order valence-corrected chi connectivity index (χ2v) is 10.1. The van der Waals surface area contributed by atoms with E-state index < -0.39 is 10.0 Å². The molecule has 0 saturated carbocycles. The van der Waals surface area contributed by atoms with Gasteiger partial charge in [0.25, 0.3) is 0 Å². The second kappa shape index (κ2) is 8.71. The molecule has 6 nitrogen and oxygen atoms in total. The zero-order valence-corrected chi connectivity index (χ0v) is 17.2. The van der Waals surface area contributed by atoms with Crippen LogP contribution in [0, 0.1) is 11.8 Å². The molecule has 2 aliphatic heterocycles. The van der Waals surface area contributed by atoms with Gasteiger partial charge in [0.1, 0.15) is 0 Å². The lowest BCUT2D eigenvalue weighted by atomic mass is 9.94. The van der Waals surface area contributed by atoms with Crippen LogP contribution >= 0.6 is 0 Å². The van der Waals surface area contributed by atoms with Crippen LogP contribution in [0.4, 0.5) is 5.69 Å². The first-order valence-corrected chi connectivity index (χ1v) is 11.4. The zero-order valence-electron chi connectivity index (χ0n) is 16.4. The first-order chi connectivity index (χ1) is 12.8. The number of likely N-dealkylation sites (tertiary alicyclic amines) is 1. The Hall–Kier alpha value is -1.44. The van der Waals surface area contributed by atoms with Crippen molar-refractivity contribution in [2.75, 3.05) is 38.0 Å². The lowest BCUT2D eigenvalue weighted by molar-refractivity contribution is -0.117. The minimum atomic E-state index is -3.48. The van der Waals surface area contributed by atoms with Gasteiger partial charge in [-0.15, -0.1) is 0 Å². The van der Waals surface area contributed by atoms with E-state index in [-0.39, 0.29) is 10.8 Å². The van der Waals surface area contributed by atoms with Crippen molar-refractivity contribution in [3.05, 3.63) is 24.3 Å². The van der Waals surface area contributed by atoms with Crippen LogP contribution < -0.4 is 5.32 Å². The van der Waals surface area contributed by atoms with Crippen molar-refractivity contribution in [3.8, 4) is 0 Å². The fourth-order valence-corrected chi connectivity index (χ4v) is 5.86. The quantitative estimate of drug-likeness (QED) is 0.835. The number of benzene rings is 1. The van der Waals surface area contributed by atoms with Crippen LogP contribution in [-0.2, 0) is 14.8 Å². The van der Waals surface area contributed by atoms with E-state index in [2.05, 4.69) is 24.1 Å². The van der Waals surface area contributed by atoms with Crippen molar-refractivity contribution in [2.24, 2.45) is 11.8 Å². The predicted octanol–water partition coefficient (Wildman–Crippen LogP) is 2.78. The number of hydrogen-bond acceptors (Lipinski definition) is 4. The third-order valence-corrected chi connectivity index (χ3v) is 7.27. The first-order valence-electron chi connectivity index (χ1n) is 9.97. The fourth-order valence-electron chi connectivity index (χ4n) is 4.18. The molecule has 0 aromatic heterocycles. The van der Waals surface area contributed by atoms with Gasteiger partial charge in [0.2, 0.25) is 15.9 Å². The van der Waals surface area contributed by atoms with Crippen LogP contribution in [-0.4, -0.2) is 56.3 Å². The summed E-state index contributed by atoms with van der Waals surface area (Å²) in [6, 6.07) is 6.54. The normalized spacial score (nSPS) is 25.3. The van der Waals surface area contributed by atoms with Crippen molar-refractivity contribution < 1.29 is 13.2 Å². The topological polar surface area (TPSA) is 69.7 Å². The minimum absolute atomic E-state index is 0.0498. The van der Waals surface area contributed by atoms with Crippen molar-refractivity contribution in [1.29, 1.82) is 0 Å². The summed E-state index contributed by atoms with van der Waals surface area (Å²) in [6.45, 7) is 7.67. The van der Waals surface area contributed by atoms with Gasteiger partial charge in [0, 0.05) is 18.8 Å². The average Bonchev–Trinajstić information content (AvgIpc) is 2.62. The Morgan fingerprint density at radius 1 is 1.04 bits per heavy atom. The van der Waals surface area contributed by atoms with Crippen LogP contribution in [0.3, 0.4) is 0 Å². The smallest absolute Gasteiger partial charge is 0.243 e. The van der Waals surface area contributed by atoms with Crippen LogP contribution in [0.5, 0.6) is 0 Å². The van der Waals surface area contributed by atoms with E-state index in [1.54, 1.807) is 28.6 Å². The predicted molar refractivity (Wildman–Crippen MR) is 107 cm³/mol. The number of anilines is 1. The zero-order chi connectivity index (χ0) is 19.4. The maximum atomic E-state index is 12.9. The van der Waals surface area contributed by atoms with Gasteiger partial charge in [0.15, 0.2) is 0 Å². The first kappa shape index (κ1) is 20.3. The minimum Gasteiger partial charge on any atom is -0.325 e. The van der Waals surface area contributed by atoms with Gasteiger partial charge in [-0.1, -0.05) is 20.3 Å². The number of rotatable bonds is 5. The van der Waals surface area contributed by atoms with Crippen molar-refractivity contribution in [1.82, 2.24) is 9.21 Å². The highest BCUT2D eigenvalue weighted by Crippen LogP contribution is 2.27. The van der Waals surface area contributed by atoms with E-state index in [1.165, 1.54) is 6.42 Å². The van der Waals surface area contributed by atoms with Crippen molar-refractivity contribution in [2.45, 2.75) is 44.4 Å². The van der Waals surface area contributed by atoms with Gasteiger partial charge in [-0.25, -0.2) is 8.42 Å². The largest absolute Gasteiger partial charge is 0.325 e. The Morgan fingerprint density at radius 3 is 2.22 bits per heavy atom. The number of carbonyl (C=O) groups is 1. The molecule has 0 aliphatic carbocycles. The molecule has 1 aromatic rings. The Balaban J connectivity index is 1.61. The average molecular weight is 394 g/mol. The molecule has 2 heterocycles. The molecular formula is C20H31N3O3S. The van der Waals surface area contributed by atoms with E-state index in [9.17, 15) is 13.2 Å². The summed E-state index contributed by atoms with van der Waals surface area (Å²) >= 11 is 0. The number of amides is 1. The van der Waals surface area contributed by atoms with Gasteiger partial charge < -0.3 is 5.32 Å². The van der Waals surface area contributed by atoms with Crippen molar-refractivity contribution >= 4 is 21.6 Å². The Bertz CT molecular complexity index is 732. The molecule has 150 valence electrons. The summed E-state index contributed by atoms with van der Waals surface area (Å²) in [6.07, 6.45) is 4.60. The van der Waals surface area contributed by atoms with Gasteiger partial charge in [0.05, 0.1) is 11.4 Å². The number of hydrogen-bond donors (Lipinski definition) is 1. The molecule has 1 aromatic carbocycles. The van der Waals surface area contributed by atoms with Gasteiger partial charge >= 0.3 is 0 Å². The number of carbonyl (C=O) groups excluding carboxylic acids is 1. The number of nitrogens with one attached hydrogen (secondary N) is 1. The molecule has 3 rings (SSSR count). The monoisotopic (exact) mass is 393 g/mol. The van der Waals surface area contributed by atoms with Crippen LogP contribution in [0.1, 0.15) is 39.5 Å². The molecular weight excluding hydrogens is 362 g/mol. The number of nitrogens with zero attached hydrogens (tertiary/aromatic N) is 2. The SMILES string of the molecule is C[C@H]1C[C@H](C)CN(S(=O)(=O)c2ccc(NC(=O)CN3CCCCC3)cc2)C1. The lowest BCUT2D eigenvalue weighted by Crippen LogP contribution is -2.42. The molecule has 2 aliphatic rings. The summed E-state index contributed by atoms with van der Waals surface area (Å²) in [4.78, 5) is 14.7. The molecule has 0 spiro atoms. The second-order valence-electron chi connectivity index (χ2n) is 8.18. The molecule has 0 unspecified atom stereocenters. The van der Waals surface area contributed by atoms with E-state index >= 15 is 0 Å². The molecule has 0 radical (unpaired) electrons. The maximum absolute atomic E-state index is 12.9. The van der Waals surface area contributed by atoms with Gasteiger partial charge in [-0.3, -0.25) is 9.69 Å². The molecule has 0 bridgehead atoms. The molecule has 27 heavy (non-hydrogen) atoms. The third-order valence-electron chi connectivity index (χ3n) is 5.43. The molecule has 7 heteroatoms. The summed E-state index contributed by atoms with van der Waals surface area (Å²) in [5.74, 6) is 0.694. The number of piperidine rings is 2. The number of sulfonamides is 1. The third kappa shape index (κ3) is 5.30. The van der Waals surface area contributed by atoms with Gasteiger partial charge in [-0.05, 0) is 68.5 Å². The summed E-state index contributed by atoms with van der Waals surface area (Å²) in [5, 5.41) is 2.87. The highest BCUT2D eigenvalue weighted by molar-refractivity contribution is 7.89. The molecule has 2 atom stereocenters. The van der Waals surface area contributed by atoms with E-state index in [0.29, 0.717) is 37.2 Å². The van der Waals surface area contributed by atoms with Crippen molar-refractivity contribution in [3.63, 3.8) is 0 Å². The van der Waals surface area contributed by atoms with Gasteiger partial charge in [-0.2, -0.15) is 4.31 Å².